The Balaban J connectivity index is 2.06. The van der Waals surface area contributed by atoms with E-state index in [1.165, 1.54) is 0 Å². The zero-order valence-corrected chi connectivity index (χ0v) is 8.21. The van der Waals surface area contributed by atoms with Gasteiger partial charge in [-0.1, -0.05) is 0 Å². The Morgan fingerprint density at radius 2 is 2.07 bits per heavy atom. The van der Waals surface area contributed by atoms with E-state index in [9.17, 15) is 8.78 Å². The van der Waals surface area contributed by atoms with Crippen LogP contribution in [0, 0.1) is 0 Å². The van der Waals surface area contributed by atoms with Crippen molar-refractivity contribution in [3.8, 4) is 0 Å². The van der Waals surface area contributed by atoms with Crippen LogP contribution in [-0.2, 0) is 7.05 Å². The number of hydrogen-bond acceptors (Lipinski definition) is 1. The second-order valence-electron chi connectivity index (χ2n) is 4.03. The number of aryl methyl sites for hydroxylation is 1. The van der Waals surface area contributed by atoms with Crippen LogP contribution in [0.5, 0.6) is 0 Å². The van der Waals surface area contributed by atoms with E-state index in [2.05, 4.69) is 4.98 Å². The van der Waals surface area contributed by atoms with Crippen molar-refractivity contribution in [3.05, 3.63) is 18.2 Å². The topological polar surface area (TPSA) is 17.8 Å². The van der Waals surface area contributed by atoms with Crippen LogP contribution in [0.2, 0.25) is 0 Å². The number of rotatable bonds is 1. The predicted octanol–water partition coefficient (Wildman–Crippen LogP) is 2.71. The van der Waals surface area contributed by atoms with Gasteiger partial charge in [-0.2, -0.15) is 0 Å². The number of nitrogens with zero attached hydrogens (tertiary/aromatic N) is 2. The fourth-order valence-electron chi connectivity index (χ4n) is 2.07. The van der Waals surface area contributed by atoms with Gasteiger partial charge in [-0.05, 0) is 12.8 Å². The van der Waals surface area contributed by atoms with Crippen molar-refractivity contribution in [2.24, 2.45) is 7.05 Å². The van der Waals surface area contributed by atoms with E-state index in [-0.39, 0.29) is 18.8 Å². The Kier molecular flexibility index (Phi) is 2.29. The van der Waals surface area contributed by atoms with Gasteiger partial charge in [-0.25, -0.2) is 13.8 Å². The third kappa shape index (κ3) is 1.79. The molecule has 2 rings (SSSR count). The fourth-order valence-corrected chi connectivity index (χ4v) is 2.07. The van der Waals surface area contributed by atoms with Crippen LogP contribution in [0.3, 0.4) is 0 Å². The van der Waals surface area contributed by atoms with Gasteiger partial charge < -0.3 is 4.57 Å². The fraction of sp³-hybridized carbons (Fsp3) is 0.700. The lowest BCUT2D eigenvalue weighted by atomic mass is 9.86. The summed E-state index contributed by atoms with van der Waals surface area (Å²) >= 11 is 0. The summed E-state index contributed by atoms with van der Waals surface area (Å²) in [6, 6.07) is 0. The minimum atomic E-state index is -2.44. The van der Waals surface area contributed by atoms with Crippen molar-refractivity contribution in [2.75, 3.05) is 0 Å². The summed E-state index contributed by atoms with van der Waals surface area (Å²) in [5.74, 6) is -1.28. The molecule has 1 fully saturated rings. The van der Waals surface area contributed by atoms with Gasteiger partial charge in [0.25, 0.3) is 0 Å². The highest BCUT2D eigenvalue weighted by Gasteiger charge is 2.36. The van der Waals surface area contributed by atoms with Crippen LogP contribution in [0.25, 0.3) is 0 Å². The van der Waals surface area contributed by atoms with Gasteiger partial charge in [0.2, 0.25) is 5.92 Å². The molecule has 0 unspecified atom stereocenters. The van der Waals surface area contributed by atoms with Crippen molar-refractivity contribution in [3.63, 3.8) is 0 Å². The maximum atomic E-state index is 12.9. The predicted molar refractivity (Wildman–Crippen MR) is 49.4 cm³/mol. The Morgan fingerprint density at radius 1 is 1.43 bits per heavy atom. The molecular formula is C10H14F2N2. The highest BCUT2D eigenvalue weighted by atomic mass is 19.3. The molecule has 2 nitrogen and oxygen atoms in total. The Morgan fingerprint density at radius 3 is 2.57 bits per heavy atom. The SMILES string of the molecule is Cn1ccnc1C1CCC(F)(F)CC1. The average molecular weight is 200 g/mol. The van der Waals surface area contributed by atoms with Crippen LogP contribution in [0.4, 0.5) is 8.78 Å². The Hall–Kier alpha value is -0.930. The van der Waals surface area contributed by atoms with Gasteiger partial charge in [0.05, 0.1) is 0 Å². The largest absolute Gasteiger partial charge is 0.338 e. The molecule has 0 spiro atoms. The monoisotopic (exact) mass is 200 g/mol. The molecule has 0 amide bonds. The van der Waals surface area contributed by atoms with Gasteiger partial charge in [0.15, 0.2) is 0 Å². The summed E-state index contributed by atoms with van der Waals surface area (Å²) in [4.78, 5) is 4.21. The summed E-state index contributed by atoms with van der Waals surface area (Å²) in [5.41, 5.74) is 0. The zero-order chi connectivity index (χ0) is 10.2. The first-order valence-corrected chi connectivity index (χ1v) is 4.93. The van der Waals surface area contributed by atoms with Crippen molar-refractivity contribution < 1.29 is 8.78 Å². The molecule has 1 aromatic rings. The van der Waals surface area contributed by atoms with E-state index in [4.69, 9.17) is 0 Å². The van der Waals surface area contributed by atoms with Crippen LogP contribution >= 0.6 is 0 Å². The molecule has 1 saturated carbocycles. The number of imidazole rings is 1. The first kappa shape index (κ1) is 9.62. The summed E-state index contributed by atoms with van der Waals surface area (Å²) < 4.78 is 27.7. The lowest BCUT2D eigenvalue weighted by Crippen LogP contribution is -2.24. The Bertz CT molecular complexity index is 310. The van der Waals surface area contributed by atoms with E-state index in [1.54, 1.807) is 6.20 Å². The quantitative estimate of drug-likeness (QED) is 0.681. The minimum absolute atomic E-state index is 0.00449. The number of aromatic nitrogens is 2. The van der Waals surface area contributed by atoms with Gasteiger partial charge in [-0.15, -0.1) is 0 Å². The molecule has 0 aromatic carbocycles. The lowest BCUT2D eigenvalue weighted by molar-refractivity contribution is -0.0389. The molecule has 1 aliphatic carbocycles. The molecule has 0 atom stereocenters. The normalized spacial score (nSPS) is 22.5. The van der Waals surface area contributed by atoms with Crippen molar-refractivity contribution in [2.45, 2.75) is 37.5 Å². The smallest absolute Gasteiger partial charge is 0.248 e. The van der Waals surface area contributed by atoms with Crippen molar-refractivity contribution in [1.29, 1.82) is 0 Å². The van der Waals surface area contributed by atoms with Gasteiger partial charge in [0.1, 0.15) is 5.82 Å². The molecule has 0 radical (unpaired) electrons. The van der Waals surface area contributed by atoms with E-state index < -0.39 is 5.92 Å². The second kappa shape index (κ2) is 3.33. The molecule has 1 aliphatic rings. The maximum absolute atomic E-state index is 12.9. The van der Waals surface area contributed by atoms with Gasteiger partial charge in [-0.3, -0.25) is 0 Å². The molecular weight excluding hydrogens is 186 g/mol. The summed E-state index contributed by atoms with van der Waals surface area (Å²) in [7, 11) is 1.91. The summed E-state index contributed by atoms with van der Waals surface area (Å²) in [6.45, 7) is 0. The third-order valence-corrected chi connectivity index (χ3v) is 2.94. The molecule has 78 valence electrons. The molecule has 0 bridgehead atoms. The lowest BCUT2D eigenvalue weighted by Gasteiger charge is -2.27. The van der Waals surface area contributed by atoms with E-state index in [1.807, 2.05) is 17.8 Å². The van der Waals surface area contributed by atoms with Crippen LogP contribution in [-0.4, -0.2) is 15.5 Å². The van der Waals surface area contributed by atoms with Crippen LogP contribution in [0.15, 0.2) is 12.4 Å². The van der Waals surface area contributed by atoms with Crippen LogP contribution < -0.4 is 0 Å². The highest BCUT2D eigenvalue weighted by Crippen LogP contribution is 2.40. The molecule has 1 aromatic heterocycles. The first-order valence-electron chi connectivity index (χ1n) is 4.93. The summed E-state index contributed by atoms with van der Waals surface area (Å²) in [6.07, 6.45) is 4.70. The molecule has 0 N–H and O–H groups in total. The Labute approximate surface area is 82.0 Å². The molecule has 0 aliphatic heterocycles. The third-order valence-electron chi connectivity index (χ3n) is 2.94. The molecule has 0 saturated heterocycles. The molecule has 4 heteroatoms. The van der Waals surface area contributed by atoms with E-state index in [0.717, 1.165) is 5.82 Å². The average Bonchev–Trinajstić information content (AvgIpc) is 2.52. The van der Waals surface area contributed by atoms with E-state index >= 15 is 0 Å². The van der Waals surface area contributed by atoms with Crippen LogP contribution in [0.1, 0.15) is 37.4 Å². The molecule has 14 heavy (non-hydrogen) atoms. The van der Waals surface area contributed by atoms with Crippen molar-refractivity contribution >= 4 is 0 Å². The maximum Gasteiger partial charge on any atom is 0.248 e. The second-order valence-corrected chi connectivity index (χ2v) is 4.03. The number of alkyl halides is 2. The number of halogens is 2. The minimum Gasteiger partial charge on any atom is -0.338 e. The van der Waals surface area contributed by atoms with E-state index in [0.29, 0.717) is 12.8 Å². The van der Waals surface area contributed by atoms with Gasteiger partial charge >= 0.3 is 0 Å². The standard InChI is InChI=1S/C10H14F2N2/c1-14-7-6-13-9(14)8-2-4-10(11,12)5-3-8/h6-8H,2-5H2,1H3. The zero-order valence-electron chi connectivity index (χ0n) is 8.21. The molecule has 1 heterocycles. The summed E-state index contributed by atoms with van der Waals surface area (Å²) in [5, 5.41) is 0. The number of hydrogen-bond donors (Lipinski definition) is 0. The first-order chi connectivity index (χ1) is 6.58. The van der Waals surface area contributed by atoms with Crippen molar-refractivity contribution in [1.82, 2.24) is 9.55 Å². The van der Waals surface area contributed by atoms with Gasteiger partial charge in [0, 0.05) is 38.2 Å². The highest BCUT2D eigenvalue weighted by molar-refractivity contribution is 5.02.